The largest absolute Gasteiger partial charge is 0.444 e. The number of primary amides is 1. The van der Waals surface area contributed by atoms with E-state index in [4.69, 9.17) is 10.5 Å². The summed E-state index contributed by atoms with van der Waals surface area (Å²) in [7, 11) is 1.62. The van der Waals surface area contributed by atoms with Crippen molar-refractivity contribution < 1.29 is 23.8 Å². The molecule has 0 radical (unpaired) electrons. The van der Waals surface area contributed by atoms with Crippen molar-refractivity contribution in [3.8, 4) is 11.8 Å². The minimum Gasteiger partial charge on any atom is -0.444 e. The second-order valence-corrected chi connectivity index (χ2v) is 12.3. The van der Waals surface area contributed by atoms with Crippen LogP contribution in [0, 0.1) is 17.7 Å². The molecule has 1 saturated heterocycles. The lowest BCUT2D eigenvalue weighted by molar-refractivity contribution is -0.0240. The van der Waals surface area contributed by atoms with Gasteiger partial charge < -0.3 is 30.4 Å². The van der Waals surface area contributed by atoms with Gasteiger partial charge in [0.05, 0.1) is 40.6 Å². The number of aromatic nitrogens is 4. The van der Waals surface area contributed by atoms with E-state index >= 15 is 4.39 Å². The van der Waals surface area contributed by atoms with Crippen LogP contribution < -0.4 is 11.1 Å². The molecular formula is C29H36FN7O4. The predicted octanol–water partition coefficient (Wildman–Crippen LogP) is 3.57. The van der Waals surface area contributed by atoms with Crippen LogP contribution in [-0.2, 0) is 4.74 Å². The van der Waals surface area contributed by atoms with Crippen LogP contribution in [0.2, 0.25) is 0 Å². The van der Waals surface area contributed by atoms with Gasteiger partial charge in [0.1, 0.15) is 22.8 Å². The number of aliphatic hydroxyl groups is 1. The first-order valence-electron chi connectivity index (χ1n) is 13.7. The van der Waals surface area contributed by atoms with Crippen molar-refractivity contribution in [3.05, 3.63) is 41.1 Å². The van der Waals surface area contributed by atoms with Crippen molar-refractivity contribution in [1.82, 2.24) is 24.2 Å². The quantitative estimate of drug-likeness (QED) is 0.402. The lowest BCUT2D eigenvalue weighted by Gasteiger charge is -2.34. The Morgan fingerprint density at radius 3 is 2.46 bits per heavy atom. The average Bonchev–Trinajstić information content (AvgIpc) is 3.30. The zero-order chi connectivity index (χ0) is 29.9. The number of anilines is 1. The van der Waals surface area contributed by atoms with Gasteiger partial charge in [-0.05, 0) is 65.9 Å². The number of nitrogens with zero attached hydrogens (tertiary/aromatic N) is 5. The zero-order valence-corrected chi connectivity index (χ0v) is 24.2. The number of carbonyl (C=O) groups is 2. The summed E-state index contributed by atoms with van der Waals surface area (Å²) in [5, 5.41) is 18.5. The third kappa shape index (κ3) is 5.59. The average molecular weight is 566 g/mol. The highest BCUT2D eigenvalue weighted by Crippen LogP contribution is 2.38. The molecule has 2 atom stereocenters. The van der Waals surface area contributed by atoms with Gasteiger partial charge in [-0.3, -0.25) is 4.79 Å². The lowest BCUT2D eigenvalue weighted by Crippen LogP contribution is -2.49. The number of amides is 2. The molecule has 2 aromatic heterocycles. The Labute approximate surface area is 237 Å². The number of nitrogens with two attached hydrogens (primary N) is 1. The minimum absolute atomic E-state index is 0.0509. The van der Waals surface area contributed by atoms with Gasteiger partial charge in [0.2, 0.25) is 0 Å². The number of carbonyl (C=O) groups excluding carboxylic acids is 2. The molecular weight excluding hydrogens is 529 g/mol. The van der Waals surface area contributed by atoms with Crippen LogP contribution >= 0.6 is 0 Å². The Balaban J connectivity index is 1.51. The molecule has 2 aliphatic rings. The van der Waals surface area contributed by atoms with Crippen LogP contribution in [0.3, 0.4) is 0 Å². The first-order chi connectivity index (χ1) is 19.2. The molecule has 218 valence electrons. The molecule has 3 heterocycles. The number of nitrogens with one attached hydrogen (secondary N) is 1. The lowest BCUT2D eigenvalue weighted by atomic mass is 9.96. The van der Waals surface area contributed by atoms with Gasteiger partial charge in [-0.25, -0.2) is 18.9 Å². The first kappa shape index (κ1) is 28.4. The number of ether oxygens (including phenoxy) is 1. The maximum atomic E-state index is 15.1. The Kier molecular flexibility index (Phi) is 6.98. The number of rotatable bonds is 5. The molecule has 11 nitrogen and oxygen atoms in total. The molecule has 1 aromatic carbocycles. The Morgan fingerprint density at radius 2 is 1.88 bits per heavy atom. The van der Waals surface area contributed by atoms with Crippen LogP contribution in [0.4, 0.5) is 15.0 Å². The van der Waals surface area contributed by atoms with E-state index in [-0.39, 0.29) is 23.4 Å². The van der Waals surface area contributed by atoms with Gasteiger partial charge in [-0.15, -0.1) is 0 Å². The van der Waals surface area contributed by atoms with E-state index in [1.807, 2.05) is 4.57 Å². The highest BCUT2D eigenvalue weighted by atomic mass is 19.1. The maximum absolute atomic E-state index is 15.1. The van der Waals surface area contributed by atoms with E-state index < -0.39 is 41.1 Å². The summed E-state index contributed by atoms with van der Waals surface area (Å²) in [6, 6.07) is 2.35. The molecule has 1 aliphatic heterocycles. The van der Waals surface area contributed by atoms with E-state index in [0.29, 0.717) is 29.3 Å². The molecule has 2 fully saturated rings. The first-order valence-corrected chi connectivity index (χ1v) is 13.7. The SMILES string of the molecule is CNc1c(C(N)=O)c(C#Cc2cc3ncn(C4CC4)c3cc2F)nn1[C@H]1C[C@H](C(C)(C)O)N(C(=O)OC(C)(C)C)C1. The van der Waals surface area contributed by atoms with Crippen LogP contribution in [0.15, 0.2) is 18.5 Å². The van der Waals surface area contributed by atoms with Gasteiger partial charge in [0.25, 0.3) is 5.91 Å². The molecule has 12 heteroatoms. The second-order valence-electron chi connectivity index (χ2n) is 12.3. The maximum Gasteiger partial charge on any atom is 0.410 e. The number of hydrogen-bond donors (Lipinski definition) is 3. The fourth-order valence-electron chi connectivity index (χ4n) is 5.36. The number of halogens is 1. The molecule has 3 aromatic rings. The van der Waals surface area contributed by atoms with Gasteiger partial charge in [-0.2, -0.15) is 5.10 Å². The standard InChI is InChI=1S/C29H36FN7O4/c1-28(2,3)41-27(39)35-14-18(12-23(35)29(4,5)40)37-26(32-6)24(25(31)38)20(34-37)10-7-16-11-21-22(13-19(16)30)36(15-33-21)17-8-9-17/h11,13,15,17-18,23,32,40H,8-9,12,14H2,1-6H3,(H2,31,38)/t18-,23+/m0/s1. The van der Waals surface area contributed by atoms with E-state index in [1.54, 1.807) is 58.7 Å². The van der Waals surface area contributed by atoms with E-state index in [9.17, 15) is 14.7 Å². The van der Waals surface area contributed by atoms with Crippen LogP contribution in [0.25, 0.3) is 11.0 Å². The third-order valence-corrected chi connectivity index (χ3v) is 7.38. The fraction of sp³-hybridized carbons (Fsp3) is 0.517. The Morgan fingerprint density at radius 1 is 1.17 bits per heavy atom. The van der Waals surface area contributed by atoms with Gasteiger partial charge in [0.15, 0.2) is 5.69 Å². The van der Waals surface area contributed by atoms with Gasteiger partial charge in [0, 0.05) is 25.7 Å². The molecule has 4 N–H and O–H groups in total. The molecule has 5 rings (SSSR count). The third-order valence-electron chi connectivity index (χ3n) is 7.38. The number of imidazole rings is 1. The number of likely N-dealkylation sites (tertiary alicyclic amines) is 1. The molecule has 0 spiro atoms. The number of fused-ring (bicyclic) bond motifs is 1. The minimum atomic E-state index is -1.24. The van der Waals surface area contributed by atoms with E-state index in [1.165, 1.54) is 11.0 Å². The van der Waals surface area contributed by atoms with Gasteiger partial charge >= 0.3 is 6.09 Å². The van der Waals surface area contributed by atoms with Crippen molar-refractivity contribution in [2.75, 3.05) is 18.9 Å². The van der Waals surface area contributed by atoms with Crippen LogP contribution in [0.1, 0.15) is 87.6 Å². The summed E-state index contributed by atoms with van der Waals surface area (Å²) in [5.41, 5.74) is 5.36. The van der Waals surface area contributed by atoms with E-state index in [2.05, 4.69) is 27.2 Å². The summed E-state index contributed by atoms with van der Waals surface area (Å²) in [4.78, 5) is 31.5. The normalized spacial score (nSPS) is 19.3. The fourth-order valence-corrected chi connectivity index (χ4v) is 5.36. The molecule has 0 unspecified atom stereocenters. The highest BCUT2D eigenvalue weighted by Gasteiger charge is 2.46. The summed E-state index contributed by atoms with van der Waals surface area (Å²) in [6.07, 6.45) is 3.59. The summed E-state index contributed by atoms with van der Waals surface area (Å²) in [5.74, 6) is 4.68. The highest BCUT2D eigenvalue weighted by molar-refractivity contribution is 6.00. The van der Waals surface area contributed by atoms with Crippen LogP contribution in [-0.4, -0.2) is 72.2 Å². The summed E-state index contributed by atoms with van der Waals surface area (Å²) >= 11 is 0. The van der Waals surface area contributed by atoms with E-state index in [0.717, 1.165) is 12.8 Å². The molecule has 1 aliphatic carbocycles. The van der Waals surface area contributed by atoms with Crippen molar-refractivity contribution in [1.29, 1.82) is 0 Å². The second kappa shape index (κ2) is 10.1. The van der Waals surface area contributed by atoms with Gasteiger partial charge in [-0.1, -0.05) is 5.92 Å². The van der Waals surface area contributed by atoms with Crippen molar-refractivity contribution in [2.45, 2.75) is 83.2 Å². The number of benzene rings is 1. The molecule has 41 heavy (non-hydrogen) atoms. The van der Waals surface area contributed by atoms with Crippen LogP contribution in [0.5, 0.6) is 0 Å². The molecule has 0 bridgehead atoms. The summed E-state index contributed by atoms with van der Waals surface area (Å²) in [6.45, 7) is 8.74. The predicted molar refractivity (Wildman–Crippen MR) is 151 cm³/mol. The Hall–Kier alpha value is -4.11. The number of hydrogen-bond acceptors (Lipinski definition) is 7. The Bertz CT molecular complexity index is 1580. The zero-order valence-electron chi connectivity index (χ0n) is 24.2. The smallest absolute Gasteiger partial charge is 0.410 e. The monoisotopic (exact) mass is 565 g/mol. The van der Waals surface area contributed by atoms with Crippen molar-refractivity contribution >= 4 is 28.9 Å². The molecule has 1 saturated carbocycles. The topological polar surface area (TPSA) is 141 Å². The molecule has 2 amide bonds. The summed E-state index contributed by atoms with van der Waals surface area (Å²) < 4.78 is 24.2. The van der Waals surface area contributed by atoms with Crippen molar-refractivity contribution in [2.24, 2.45) is 5.73 Å². The van der Waals surface area contributed by atoms with Crippen molar-refractivity contribution in [3.63, 3.8) is 0 Å².